The number of carbonyl (C=O) groups is 1. The van der Waals surface area contributed by atoms with Crippen molar-refractivity contribution in [2.45, 2.75) is 51.0 Å². The highest BCUT2D eigenvalue weighted by atomic mass is 35.5. The van der Waals surface area contributed by atoms with Gasteiger partial charge in [0.05, 0.1) is 10.6 Å². The fourth-order valence-corrected chi connectivity index (χ4v) is 4.27. The molecule has 2 N–H and O–H groups in total. The lowest BCUT2D eigenvalue weighted by atomic mass is 9.73. The molecule has 0 bridgehead atoms. The molecule has 0 heterocycles. The van der Waals surface area contributed by atoms with E-state index in [0.717, 1.165) is 43.2 Å². The highest BCUT2D eigenvalue weighted by Crippen LogP contribution is 2.36. The van der Waals surface area contributed by atoms with Crippen LogP contribution in [0, 0.1) is 24.2 Å². The molecular weight excluding hydrogens is 372 g/mol. The molecule has 146 valence electrons. The van der Waals surface area contributed by atoms with E-state index in [1.807, 2.05) is 37.3 Å². The molecule has 0 aromatic heterocycles. The van der Waals surface area contributed by atoms with E-state index in [2.05, 4.69) is 5.32 Å². The van der Waals surface area contributed by atoms with E-state index in [1.165, 1.54) is 0 Å². The van der Waals surface area contributed by atoms with Crippen LogP contribution in [0.5, 0.6) is 0 Å². The Balaban J connectivity index is 1.88. The molecule has 1 aliphatic carbocycles. The standard InChI is InChI=1S/C23H25ClN2O2/c1-16-6-5-7-17(12-16)14-23(28,19-8-3-2-4-9-19)22(27)26-20-11-10-18(15-25)21(24)13-20/h5-7,10-13,19,28H,2-4,8-9,14H2,1H3,(H,26,27)/t23-/m0/s1. The van der Waals surface area contributed by atoms with Gasteiger partial charge in [0.1, 0.15) is 11.7 Å². The molecule has 28 heavy (non-hydrogen) atoms. The largest absolute Gasteiger partial charge is 0.379 e. The van der Waals surface area contributed by atoms with Crippen molar-refractivity contribution in [1.29, 1.82) is 5.26 Å². The molecular formula is C23H25ClN2O2. The number of amides is 1. The Morgan fingerprint density at radius 1 is 1.25 bits per heavy atom. The zero-order chi connectivity index (χ0) is 20.1. The molecule has 1 aliphatic rings. The van der Waals surface area contributed by atoms with Crippen LogP contribution in [0.3, 0.4) is 0 Å². The minimum Gasteiger partial charge on any atom is -0.379 e. The van der Waals surface area contributed by atoms with E-state index in [4.69, 9.17) is 16.9 Å². The number of anilines is 1. The van der Waals surface area contributed by atoms with Crippen molar-refractivity contribution in [1.82, 2.24) is 0 Å². The molecule has 0 radical (unpaired) electrons. The molecule has 1 saturated carbocycles. The first kappa shape index (κ1) is 20.4. The van der Waals surface area contributed by atoms with Gasteiger partial charge in [-0.2, -0.15) is 5.26 Å². The van der Waals surface area contributed by atoms with Crippen molar-refractivity contribution in [3.8, 4) is 6.07 Å². The fraction of sp³-hybridized carbons (Fsp3) is 0.391. The van der Waals surface area contributed by atoms with Gasteiger partial charge in [-0.3, -0.25) is 4.79 Å². The molecule has 0 unspecified atom stereocenters. The molecule has 1 fully saturated rings. The van der Waals surface area contributed by atoms with Gasteiger partial charge in [-0.05, 0) is 49.4 Å². The Hall–Kier alpha value is -2.35. The lowest BCUT2D eigenvalue weighted by Gasteiger charge is -2.37. The van der Waals surface area contributed by atoms with E-state index in [0.29, 0.717) is 11.3 Å². The lowest BCUT2D eigenvalue weighted by Crippen LogP contribution is -2.51. The molecule has 3 rings (SSSR count). The van der Waals surface area contributed by atoms with Gasteiger partial charge < -0.3 is 10.4 Å². The molecule has 0 aliphatic heterocycles. The van der Waals surface area contributed by atoms with Crippen LogP contribution in [0.25, 0.3) is 0 Å². The summed E-state index contributed by atoms with van der Waals surface area (Å²) in [5, 5.41) is 23.7. The van der Waals surface area contributed by atoms with Gasteiger partial charge >= 0.3 is 0 Å². The number of hydrogen-bond acceptors (Lipinski definition) is 3. The van der Waals surface area contributed by atoms with Gasteiger partial charge in [0.15, 0.2) is 0 Å². The van der Waals surface area contributed by atoms with Crippen LogP contribution in [0.15, 0.2) is 42.5 Å². The summed E-state index contributed by atoms with van der Waals surface area (Å²) in [6, 6.07) is 14.7. The molecule has 1 atom stereocenters. The van der Waals surface area contributed by atoms with Crippen molar-refractivity contribution in [3.05, 3.63) is 64.2 Å². The van der Waals surface area contributed by atoms with Crippen molar-refractivity contribution < 1.29 is 9.90 Å². The number of aryl methyl sites for hydroxylation is 1. The molecule has 1 amide bonds. The predicted molar refractivity (Wildman–Crippen MR) is 111 cm³/mol. The minimum absolute atomic E-state index is 0.0874. The third kappa shape index (κ3) is 4.55. The molecule has 0 spiro atoms. The number of rotatable bonds is 5. The van der Waals surface area contributed by atoms with Crippen LogP contribution < -0.4 is 5.32 Å². The number of nitriles is 1. The van der Waals surface area contributed by atoms with Gasteiger partial charge in [-0.25, -0.2) is 0 Å². The third-order valence-corrected chi connectivity index (χ3v) is 5.89. The number of nitrogens with one attached hydrogen (secondary N) is 1. The third-order valence-electron chi connectivity index (χ3n) is 5.58. The Morgan fingerprint density at radius 2 is 2.00 bits per heavy atom. The smallest absolute Gasteiger partial charge is 0.256 e. The van der Waals surface area contributed by atoms with E-state index in [1.54, 1.807) is 18.2 Å². The Kier molecular flexibility index (Phi) is 6.39. The maximum absolute atomic E-state index is 13.2. The average molecular weight is 397 g/mol. The summed E-state index contributed by atoms with van der Waals surface area (Å²) < 4.78 is 0. The number of aliphatic hydroxyl groups is 1. The summed E-state index contributed by atoms with van der Waals surface area (Å²) in [5.41, 5.74) is 1.38. The van der Waals surface area contributed by atoms with Crippen molar-refractivity contribution in [3.63, 3.8) is 0 Å². The van der Waals surface area contributed by atoms with Crippen LogP contribution in [0.4, 0.5) is 5.69 Å². The second-order valence-electron chi connectivity index (χ2n) is 7.69. The van der Waals surface area contributed by atoms with E-state index in [9.17, 15) is 9.90 Å². The molecule has 5 heteroatoms. The maximum atomic E-state index is 13.2. The summed E-state index contributed by atoms with van der Waals surface area (Å²) >= 11 is 6.09. The molecule has 2 aromatic carbocycles. The average Bonchev–Trinajstić information content (AvgIpc) is 2.68. The normalized spacial score (nSPS) is 16.8. The monoisotopic (exact) mass is 396 g/mol. The zero-order valence-electron chi connectivity index (χ0n) is 16.0. The van der Waals surface area contributed by atoms with Crippen LogP contribution >= 0.6 is 11.6 Å². The van der Waals surface area contributed by atoms with E-state index < -0.39 is 11.5 Å². The number of halogens is 1. The predicted octanol–water partition coefficient (Wildman–Crippen LogP) is 5.01. The lowest BCUT2D eigenvalue weighted by molar-refractivity contribution is -0.141. The molecule has 2 aromatic rings. The van der Waals surface area contributed by atoms with Gasteiger partial charge in [0.2, 0.25) is 0 Å². The quantitative estimate of drug-likeness (QED) is 0.745. The zero-order valence-corrected chi connectivity index (χ0v) is 16.8. The van der Waals surface area contributed by atoms with Gasteiger partial charge in [-0.15, -0.1) is 0 Å². The Morgan fingerprint density at radius 3 is 2.64 bits per heavy atom. The van der Waals surface area contributed by atoms with Gasteiger partial charge in [0.25, 0.3) is 5.91 Å². The number of benzene rings is 2. The SMILES string of the molecule is Cc1cccc(C[C@@](O)(C(=O)Nc2ccc(C#N)c(Cl)c2)C2CCCCC2)c1. The van der Waals surface area contributed by atoms with Crippen molar-refractivity contribution in [2.24, 2.45) is 5.92 Å². The highest BCUT2D eigenvalue weighted by molar-refractivity contribution is 6.32. The highest BCUT2D eigenvalue weighted by Gasteiger charge is 2.44. The second-order valence-corrected chi connectivity index (χ2v) is 8.09. The molecule has 0 saturated heterocycles. The van der Waals surface area contributed by atoms with Crippen LogP contribution in [0.1, 0.15) is 48.8 Å². The summed E-state index contributed by atoms with van der Waals surface area (Å²) in [6.07, 6.45) is 5.14. The number of nitrogens with zero attached hydrogens (tertiary/aromatic N) is 1. The number of carbonyl (C=O) groups excluding carboxylic acids is 1. The summed E-state index contributed by atoms with van der Waals surface area (Å²) in [4.78, 5) is 13.2. The van der Waals surface area contributed by atoms with Crippen LogP contribution in [0.2, 0.25) is 5.02 Å². The molecule has 4 nitrogen and oxygen atoms in total. The van der Waals surface area contributed by atoms with Gasteiger partial charge in [-0.1, -0.05) is 60.7 Å². The fourth-order valence-electron chi connectivity index (χ4n) is 4.05. The minimum atomic E-state index is -1.49. The van der Waals surface area contributed by atoms with Crippen molar-refractivity contribution in [2.75, 3.05) is 5.32 Å². The van der Waals surface area contributed by atoms with Crippen molar-refractivity contribution >= 4 is 23.2 Å². The summed E-state index contributed by atoms with van der Waals surface area (Å²) in [6.45, 7) is 2.00. The van der Waals surface area contributed by atoms with E-state index in [-0.39, 0.29) is 17.4 Å². The maximum Gasteiger partial charge on any atom is 0.256 e. The Bertz CT molecular complexity index is 900. The first-order chi connectivity index (χ1) is 13.4. The van der Waals surface area contributed by atoms with E-state index >= 15 is 0 Å². The topological polar surface area (TPSA) is 73.1 Å². The first-order valence-corrected chi connectivity index (χ1v) is 10.1. The summed E-state index contributed by atoms with van der Waals surface area (Å²) in [7, 11) is 0. The Labute approximate surface area is 171 Å². The van der Waals surface area contributed by atoms with Gasteiger partial charge in [0, 0.05) is 12.1 Å². The summed E-state index contributed by atoms with van der Waals surface area (Å²) in [5.74, 6) is -0.503. The second kappa shape index (κ2) is 8.77. The van der Waals surface area contributed by atoms with Crippen LogP contribution in [-0.2, 0) is 11.2 Å². The first-order valence-electron chi connectivity index (χ1n) is 9.71. The van der Waals surface area contributed by atoms with Crippen LogP contribution in [-0.4, -0.2) is 16.6 Å². The number of hydrogen-bond donors (Lipinski definition) is 2.